The summed E-state index contributed by atoms with van der Waals surface area (Å²) in [5.74, 6) is -0.159. The molecule has 2 atom stereocenters. The maximum absolute atomic E-state index is 12.8. The molecule has 1 unspecified atom stereocenters. The lowest BCUT2D eigenvalue weighted by Gasteiger charge is -2.13. The van der Waals surface area contributed by atoms with Crippen LogP contribution in [0.15, 0.2) is 48.5 Å². The number of hydrogen-bond donors (Lipinski definition) is 4. The summed E-state index contributed by atoms with van der Waals surface area (Å²) in [4.78, 5) is 22.7. The van der Waals surface area contributed by atoms with E-state index in [1.165, 1.54) is 24.3 Å². The van der Waals surface area contributed by atoms with Gasteiger partial charge in [0.2, 0.25) is 0 Å². The van der Waals surface area contributed by atoms with Crippen LogP contribution in [0.4, 0.5) is 14.9 Å². The van der Waals surface area contributed by atoms with E-state index < -0.39 is 11.5 Å². The number of carbonyl (C=O) groups excluding carboxylic acids is 2. The number of aliphatic hydroxyl groups excluding tert-OH is 1. The average Bonchev–Trinajstić information content (AvgIpc) is 3.03. The first-order valence-electron chi connectivity index (χ1n) is 9.14. The number of imide groups is 1. The fraction of sp³-hybridized carbons (Fsp3) is 0.300. The van der Waals surface area contributed by atoms with Crippen LogP contribution in [0.3, 0.4) is 0 Å². The van der Waals surface area contributed by atoms with Crippen molar-refractivity contribution in [2.45, 2.75) is 17.9 Å². The maximum Gasteiger partial charge on any atom is 0.288 e. The highest BCUT2D eigenvalue weighted by molar-refractivity contribution is 8.15. The van der Waals surface area contributed by atoms with E-state index in [1.54, 1.807) is 0 Å². The van der Waals surface area contributed by atoms with Gasteiger partial charge in [0.25, 0.3) is 11.1 Å². The van der Waals surface area contributed by atoms with E-state index in [0.717, 1.165) is 29.4 Å². The van der Waals surface area contributed by atoms with Gasteiger partial charge in [0.1, 0.15) is 24.3 Å². The van der Waals surface area contributed by atoms with Gasteiger partial charge >= 0.3 is 0 Å². The summed E-state index contributed by atoms with van der Waals surface area (Å²) in [6.45, 7) is 1.17. The summed E-state index contributed by atoms with van der Waals surface area (Å²) in [6, 6.07) is 13.3. The molecule has 1 saturated heterocycles. The van der Waals surface area contributed by atoms with Crippen molar-refractivity contribution < 1.29 is 23.8 Å². The second-order valence-electron chi connectivity index (χ2n) is 6.49. The van der Waals surface area contributed by atoms with E-state index in [4.69, 9.17) is 4.74 Å². The molecule has 0 saturated carbocycles. The summed E-state index contributed by atoms with van der Waals surface area (Å²) >= 11 is 0.924. The smallest absolute Gasteiger partial charge is 0.288 e. The van der Waals surface area contributed by atoms with Crippen molar-refractivity contribution in [1.82, 2.24) is 10.6 Å². The molecule has 0 bridgehead atoms. The molecule has 0 spiro atoms. The molecule has 0 radical (unpaired) electrons. The van der Waals surface area contributed by atoms with Crippen LogP contribution in [-0.2, 0) is 11.2 Å². The average molecular weight is 419 g/mol. The molecule has 2 aromatic carbocycles. The van der Waals surface area contributed by atoms with E-state index in [-0.39, 0.29) is 23.6 Å². The molecular weight excluding hydrogens is 397 g/mol. The Bertz CT molecular complexity index is 833. The van der Waals surface area contributed by atoms with Gasteiger partial charge in [-0.15, -0.1) is 0 Å². The van der Waals surface area contributed by atoms with Crippen molar-refractivity contribution >= 4 is 28.6 Å². The zero-order valence-corrected chi connectivity index (χ0v) is 16.4. The molecule has 1 fully saturated rings. The number of amides is 2. The Labute approximate surface area is 172 Å². The minimum atomic E-state index is -0.676. The monoisotopic (exact) mass is 419 g/mol. The maximum atomic E-state index is 12.8. The topological polar surface area (TPSA) is 99.7 Å². The number of carbonyl (C=O) groups is 2. The summed E-state index contributed by atoms with van der Waals surface area (Å²) in [5.41, 5.74) is 1.86. The molecule has 29 heavy (non-hydrogen) atoms. The van der Waals surface area contributed by atoms with Gasteiger partial charge < -0.3 is 20.5 Å². The highest BCUT2D eigenvalue weighted by atomic mass is 32.2. The zero-order chi connectivity index (χ0) is 20.6. The molecule has 0 aliphatic carbocycles. The van der Waals surface area contributed by atoms with Crippen LogP contribution in [0.2, 0.25) is 0 Å². The predicted molar refractivity (Wildman–Crippen MR) is 109 cm³/mol. The molecule has 1 aliphatic rings. The largest absolute Gasteiger partial charge is 0.491 e. The SMILES string of the molecule is O=C1NC(=O)C(Nc2ccc(CCNC[C@H](O)COc3ccc(F)cc3)cc2)S1. The molecule has 1 heterocycles. The van der Waals surface area contributed by atoms with Crippen LogP contribution in [0.5, 0.6) is 5.75 Å². The molecule has 1 aliphatic heterocycles. The Kier molecular flexibility index (Phi) is 7.45. The van der Waals surface area contributed by atoms with Crippen LogP contribution in [0.1, 0.15) is 5.56 Å². The van der Waals surface area contributed by atoms with Gasteiger partial charge in [0, 0.05) is 12.2 Å². The molecule has 2 aromatic rings. The number of thioether (sulfide) groups is 1. The van der Waals surface area contributed by atoms with Gasteiger partial charge in [0.15, 0.2) is 5.37 Å². The highest BCUT2D eigenvalue weighted by Gasteiger charge is 2.31. The molecule has 154 valence electrons. The molecular formula is C20H22FN3O4S. The Balaban J connectivity index is 1.32. The van der Waals surface area contributed by atoms with Gasteiger partial charge in [-0.05, 0) is 66.7 Å². The van der Waals surface area contributed by atoms with Crippen molar-refractivity contribution in [3.63, 3.8) is 0 Å². The van der Waals surface area contributed by atoms with E-state index in [1.807, 2.05) is 24.3 Å². The number of hydrogen-bond acceptors (Lipinski definition) is 7. The first-order valence-corrected chi connectivity index (χ1v) is 10.0. The van der Waals surface area contributed by atoms with Gasteiger partial charge in [-0.25, -0.2) is 4.39 Å². The molecule has 4 N–H and O–H groups in total. The van der Waals surface area contributed by atoms with Crippen molar-refractivity contribution in [1.29, 1.82) is 0 Å². The first kappa shape index (κ1) is 21.1. The van der Waals surface area contributed by atoms with Crippen molar-refractivity contribution in [3.05, 3.63) is 59.9 Å². The van der Waals surface area contributed by atoms with E-state index in [9.17, 15) is 19.1 Å². The van der Waals surface area contributed by atoms with E-state index in [2.05, 4.69) is 16.0 Å². The van der Waals surface area contributed by atoms with Crippen molar-refractivity contribution in [2.24, 2.45) is 0 Å². The highest BCUT2D eigenvalue weighted by Crippen LogP contribution is 2.21. The Morgan fingerprint density at radius 3 is 2.52 bits per heavy atom. The summed E-state index contributed by atoms with van der Waals surface area (Å²) in [6.07, 6.45) is 0.0904. The summed E-state index contributed by atoms with van der Waals surface area (Å²) in [5, 5.41) is 17.4. The zero-order valence-electron chi connectivity index (χ0n) is 15.6. The molecule has 0 aromatic heterocycles. The molecule has 3 rings (SSSR count). The second-order valence-corrected chi connectivity index (χ2v) is 7.57. The third kappa shape index (κ3) is 6.74. The molecule has 2 amide bonds. The normalized spacial score (nSPS) is 17.1. The lowest BCUT2D eigenvalue weighted by atomic mass is 10.1. The number of ether oxygens (including phenoxy) is 1. The van der Waals surface area contributed by atoms with E-state index in [0.29, 0.717) is 18.8 Å². The third-order valence-electron chi connectivity index (χ3n) is 4.17. The predicted octanol–water partition coefficient (Wildman–Crippen LogP) is 2.12. The van der Waals surface area contributed by atoms with Crippen LogP contribution in [0, 0.1) is 5.82 Å². The Morgan fingerprint density at radius 1 is 1.14 bits per heavy atom. The van der Waals surface area contributed by atoms with Gasteiger partial charge in [-0.2, -0.15) is 0 Å². The lowest BCUT2D eigenvalue weighted by Crippen LogP contribution is -2.32. The minimum Gasteiger partial charge on any atom is -0.491 e. The van der Waals surface area contributed by atoms with Crippen LogP contribution in [0.25, 0.3) is 0 Å². The molecule has 9 heteroatoms. The Hall–Kier alpha value is -2.62. The quantitative estimate of drug-likeness (QED) is 0.438. The van der Waals surface area contributed by atoms with Crippen molar-refractivity contribution in [3.8, 4) is 5.75 Å². The van der Waals surface area contributed by atoms with E-state index >= 15 is 0 Å². The van der Waals surface area contributed by atoms with Gasteiger partial charge in [-0.3, -0.25) is 14.9 Å². The summed E-state index contributed by atoms with van der Waals surface area (Å²) in [7, 11) is 0. The van der Waals surface area contributed by atoms with Crippen molar-refractivity contribution in [2.75, 3.05) is 25.0 Å². The third-order valence-corrected chi connectivity index (χ3v) is 5.05. The molecule has 7 nitrogen and oxygen atoms in total. The first-order chi connectivity index (χ1) is 14.0. The number of nitrogens with one attached hydrogen (secondary N) is 3. The van der Waals surface area contributed by atoms with Crippen LogP contribution < -0.4 is 20.7 Å². The number of rotatable bonds is 10. The Morgan fingerprint density at radius 2 is 1.86 bits per heavy atom. The van der Waals surface area contributed by atoms with Crippen LogP contribution in [-0.4, -0.2) is 47.4 Å². The number of benzene rings is 2. The number of aliphatic hydroxyl groups is 1. The fourth-order valence-corrected chi connectivity index (χ4v) is 3.39. The lowest BCUT2D eigenvalue weighted by molar-refractivity contribution is -0.118. The van der Waals surface area contributed by atoms with Gasteiger partial charge in [-0.1, -0.05) is 12.1 Å². The second kappa shape index (κ2) is 10.2. The number of anilines is 1. The fourth-order valence-electron chi connectivity index (χ4n) is 2.65. The summed E-state index contributed by atoms with van der Waals surface area (Å²) < 4.78 is 18.2. The van der Waals surface area contributed by atoms with Gasteiger partial charge in [0.05, 0.1) is 0 Å². The number of halogens is 1. The standard InChI is InChI=1S/C20H22FN3O4S/c21-14-3-7-17(8-4-14)28-12-16(25)11-22-10-9-13-1-5-15(6-2-13)23-19-18(26)24-20(27)29-19/h1-8,16,19,22-23,25H,9-12H2,(H,24,26,27)/t16-,19?/m0/s1. The van der Waals surface area contributed by atoms with Crippen LogP contribution >= 0.6 is 11.8 Å². The minimum absolute atomic E-state index is 0.119.